The number of nitrogens with one attached hydrogen (secondary N) is 4. The molecule has 8 nitrogen and oxygen atoms in total. The third kappa shape index (κ3) is 4.04. The lowest BCUT2D eigenvalue weighted by molar-refractivity contribution is -0.121. The molecule has 114 valence electrons. The molecule has 0 spiro atoms. The largest absolute Gasteiger partial charge is 0.368 e. The monoisotopic (exact) mass is 291 g/mol. The van der Waals surface area contributed by atoms with E-state index in [1.165, 1.54) is 0 Å². The molecule has 2 aromatic rings. The lowest BCUT2D eigenvalue weighted by Gasteiger charge is -2.10. The van der Waals surface area contributed by atoms with Crippen molar-refractivity contribution in [3.05, 3.63) is 6.33 Å². The van der Waals surface area contributed by atoms with Crippen LogP contribution in [0.3, 0.4) is 0 Å². The molecule has 0 atom stereocenters. The second-order valence-corrected chi connectivity index (χ2v) is 4.93. The topological polar surface area (TPSA) is 108 Å². The molecule has 0 aliphatic heterocycles. The summed E-state index contributed by atoms with van der Waals surface area (Å²) in [7, 11) is 0. The number of amides is 1. The number of fused-ring (bicyclic) bond motifs is 1. The van der Waals surface area contributed by atoms with Crippen molar-refractivity contribution in [2.24, 2.45) is 0 Å². The Hall–Kier alpha value is -2.38. The molecule has 0 aliphatic carbocycles. The number of nitrogens with zero attached hydrogens (tertiary/aromatic N) is 3. The predicted molar refractivity (Wildman–Crippen MR) is 82.2 cm³/mol. The zero-order valence-corrected chi connectivity index (χ0v) is 12.5. The van der Waals surface area contributed by atoms with Gasteiger partial charge >= 0.3 is 0 Å². The summed E-state index contributed by atoms with van der Waals surface area (Å²) in [6.07, 6.45) is 1.96. The van der Waals surface area contributed by atoms with Crippen molar-refractivity contribution in [2.45, 2.75) is 33.2 Å². The molecular weight excluding hydrogens is 270 g/mol. The maximum absolute atomic E-state index is 11.6. The van der Waals surface area contributed by atoms with E-state index in [4.69, 9.17) is 0 Å². The zero-order valence-electron chi connectivity index (χ0n) is 12.5. The highest BCUT2D eigenvalue weighted by Gasteiger charge is 2.10. The molecule has 21 heavy (non-hydrogen) atoms. The average Bonchev–Trinajstić information content (AvgIpc) is 2.86. The van der Waals surface area contributed by atoms with Crippen LogP contribution in [0.5, 0.6) is 0 Å². The first-order valence-corrected chi connectivity index (χ1v) is 7.08. The quantitative estimate of drug-likeness (QED) is 0.608. The van der Waals surface area contributed by atoms with Gasteiger partial charge in [0.25, 0.3) is 0 Å². The van der Waals surface area contributed by atoms with Gasteiger partial charge < -0.3 is 20.9 Å². The Morgan fingerprint density at radius 1 is 1.33 bits per heavy atom. The number of aromatic nitrogens is 4. The van der Waals surface area contributed by atoms with Crippen LogP contribution in [0.2, 0.25) is 0 Å². The SMILES string of the molecule is CCNc1nc(NCCC(=O)NC(C)C)c2[nH]cnc2n1. The first kappa shape index (κ1) is 15.0. The molecule has 0 unspecified atom stereocenters. The summed E-state index contributed by atoms with van der Waals surface area (Å²) in [5, 5.41) is 9.06. The second kappa shape index (κ2) is 6.87. The van der Waals surface area contributed by atoms with Crippen LogP contribution in [0.4, 0.5) is 11.8 Å². The van der Waals surface area contributed by atoms with Gasteiger partial charge in [-0.3, -0.25) is 4.79 Å². The van der Waals surface area contributed by atoms with Gasteiger partial charge in [-0.25, -0.2) is 4.98 Å². The number of carbonyl (C=O) groups excluding carboxylic acids is 1. The normalized spacial score (nSPS) is 10.9. The van der Waals surface area contributed by atoms with Crippen LogP contribution in [0, 0.1) is 0 Å². The zero-order chi connectivity index (χ0) is 15.2. The summed E-state index contributed by atoms with van der Waals surface area (Å²) in [4.78, 5) is 27.4. The maximum atomic E-state index is 11.6. The van der Waals surface area contributed by atoms with E-state index in [1.807, 2.05) is 20.8 Å². The van der Waals surface area contributed by atoms with Crippen molar-refractivity contribution >= 4 is 28.8 Å². The van der Waals surface area contributed by atoms with E-state index in [2.05, 4.69) is 35.9 Å². The molecule has 4 N–H and O–H groups in total. The van der Waals surface area contributed by atoms with Crippen molar-refractivity contribution < 1.29 is 4.79 Å². The van der Waals surface area contributed by atoms with Gasteiger partial charge in [0.2, 0.25) is 11.9 Å². The van der Waals surface area contributed by atoms with Gasteiger partial charge in [0, 0.05) is 25.6 Å². The van der Waals surface area contributed by atoms with Crippen LogP contribution in [-0.4, -0.2) is 45.0 Å². The number of hydrogen-bond acceptors (Lipinski definition) is 6. The van der Waals surface area contributed by atoms with Crippen molar-refractivity contribution in [3.8, 4) is 0 Å². The van der Waals surface area contributed by atoms with Gasteiger partial charge in [0.05, 0.1) is 6.33 Å². The molecule has 8 heteroatoms. The summed E-state index contributed by atoms with van der Waals surface area (Å²) in [6, 6.07) is 0.149. The van der Waals surface area contributed by atoms with Crippen molar-refractivity contribution in [1.82, 2.24) is 25.3 Å². The van der Waals surface area contributed by atoms with Crippen molar-refractivity contribution in [2.75, 3.05) is 23.7 Å². The second-order valence-electron chi connectivity index (χ2n) is 4.93. The molecule has 2 heterocycles. The summed E-state index contributed by atoms with van der Waals surface area (Å²) in [5.41, 5.74) is 1.33. The van der Waals surface area contributed by atoms with E-state index in [9.17, 15) is 4.79 Å². The number of anilines is 2. The van der Waals surface area contributed by atoms with Gasteiger partial charge in [-0.15, -0.1) is 0 Å². The molecule has 0 bridgehead atoms. The molecule has 1 amide bonds. The highest BCUT2D eigenvalue weighted by molar-refractivity contribution is 5.84. The predicted octanol–water partition coefficient (Wildman–Crippen LogP) is 1.11. The van der Waals surface area contributed by atoms with Crippen molar-refractivity contribution in [3.63, 3.8) is 0 Å². The third-order valence-corrected chi connectivity index (χ3v) is 2.71. The Labute approximate surface area is 123 Å². The van der Waals surface area contributed by atoms with Gasteiger partial charge in [0.1, 0.15) is 5.52 Å². The van der Waals surface area contributed by atoms with Crippen LogP contribution >= 0.6 is 0 Å². The Balaban J connectivity index is 2.03. The molecule has 0 aliphatic rings. The van der Waals surface area contributed by atoms with E-state index < -0.39 is 0 Å². The summed E-state index contributed by atoms with van der Waals surface area (Å²) < 4.78 is 0. The highest BCUT2D eigenvalue weighted by atomic mass is 16.1. The van der Waals surface area contributed by atoms with Crippen LogP contribution in [0.1, 0.15) is 27.2 Å². The molecule has 0 saturated heterocycles. The number of hydrogen-bond donors (Lipinski definition) is 4. The fourth-order valence-corrected chi connectivity index (χ4v) is 1.89. The standard InChI is InChI=1S/C13H21N7O/c1-4-14-13-19-11(10-12(20-13)17-7-16-10)15-6-5-9(21)18-8(2)3/h7-8H,4-6H2,1-3H3,(H,18,21)(H3,14,15,16,17,19,20). The van der Waals surface area contributed by atoms with E-state index >= 15 is 0 Å². The van der Waals surface area contributed by atoms with E-state index in [0.29, 0.717) is 30.4 Å². The fourth-order valence-electron chi connectivity index (χ4n) is 1.89. The lowest BCUT2D eigenvalue weighted by Crippen LogP contribution is -2.31. The number of carbonyl (C=O) groups is 1. The van der Waals surface area contributed by atoms with Crippen molar-refractivity contribution in [1.29, 1.82) is 0 Å². The average molecular weight is 291 g/mol. The highest BCUT2D eigenvalue weighted by Crippen LogP contribution is 2.18. The summed E-state index contributed by atoms with van der Waals surface area (Å²) in [6.45, 7) is 7.07. The Morgan fingerprint density at radius 2 is 2.14 bits per heavy atom. The minimum atomic E-state index is 0.0133. The third-order valence-electron chi connectivity index (χ3n) is 2.71. The molecule has 2 rings (SSSR count). The summed E-state index contributed by atoms with van der Waals surface area (Å²) in [5.74, 6) is 1.18. The van der Waals surface area contributed by atoms with E-state index in [1.54, 1.807) is 6.33 Å². The number of H-pyrrole nitrogens is 1. The van der Waals surface area contributed by atoms with Gasteiger partial charge in [-0.05, 0) is 20.8 Å². The number of rotatable bonds is 7. The Kier molecular flexibility index (Phi) is 4.91. The smallest absolute Gasteiger partial charge is 0.226 e. The van der Waals surface area contributed by atoms with E-state index in [-0.39, 0.29) is 11.9 Å². The Morgan fingerprint density at radius 3 is 2.86 bits per heavy atom. The van der Waals surface area contributed by atoms with Gasteiger partial charge in [-0.1, -0.05) is 0 Å². The molecule has 2 aromatic heterocycles. The molecule has 0 radical (unpaired) electrons. The molecular formula is C13H21N7O. The van der Waals surface area contributed by atoms with Crippen LogP contribution in [0.15, 0.2) is 6.33 Å². The Bertz CT molecular complexity index is 608. The van der Waals surface area contributed by atoms with Crippen LogP contribution < -0.4 is 16.0 Å². The molecule has 0 fully saturated rings. The first-order valence-electron chi connectivity index (χ1n) is 7.08. The molecule has 0 aromatic carbocycles. The van der Waals surface area contributed by atoms with Gasteiger partial charge in [0.15, 0.2) is 11.5 Å². The molecule has 0 saturated carbocycles. The number of imidazole rings is 1. The van der Waals surface area contributed by atoms with Crippen LogP contribution in [-0.2, 0) is 4.79 Å². The van der Waals surface area contributed by atoms with Gasteiger partial charge in [-0.2, -0.15) is 9.97 Å². The minimum Gasteiger partial charge on any atom is -0.368 e. The first-order chi connectivity index (χ1) is 10.1. The lowest BCUT2D eigenvalue weighted by atomic mass is 10.3. The van der Waals surface area contributed by atoms with E-state index in [0.717, 1.165) is 12.1 Å². The van der Waals surface area contributed by atoms with Crippen LogP contribution in [0.25, 0.3) is 11.2 Å². The number of aromatic amines is 1. The summed E-state index contributed by atoms with van der Waals surface area (Å²) >= 11 is 0. The fraction of sp³-hybridized carbons (Fsp3) is 0.538. The minimum absolute atomic E-state index is 0.0133. The maximum Gasteiger partial charge on any atom is 0.226 e.